The molecule has 4 atom stereocenters. The Hall–Kier alpha value is -7.52. The van der Waals surface area contributed by atoms with Crippen LogP contribution in [0.5, 0.6) is 0 Å². The van der Waals surface area contributed by atoms with Crippen molar-refractivity contribution < 1.29 is 0 Å². The standard InChI is InChI=1S/C49H36N16S4/c1-5-21-33-29(13-1)17-9-25-37(33)41(66-45-50-58-59-51-45)49(42(67-46-52-60-61-53-46)38-26-10-18-30-14-2-6-22-34(30)38,43(68-47-54-62-63-55-47)39-27-11-19-31-15-3-7-23-35(31)39)44(69-48-56-64-65-57-48)40-28-12-20-32-16-4-8-24-36(32)40/h1-28,41-44H,(H,50,51,58,59)(H,52,53,60,61)(H,54,55,62,63)(H,56,57,64,65). The lowest BCUT2D eigenvalue weighted by molar-refractivity contribution is 0.251. The number of benzene rings is 8. The molecule has 20 heteroatoms. The maximum Gasteiger partial charge on any atom is 0.231 e. The number of rotatable bonds is 16. The predicted octanol–water partition coefficient (Wildman–Crippen LogP) is 10.8. The van der Waals surface area contributed by atoms with Crippen molar-refractivity contribution in [2.24, 2.45) is 5.41 Å². The van der Waals surface area contributed by atoms with Gasteiger partial charge >= 0.3 is 0 Å². The van der Waals surface area contributed by atoms with E-state index in [0.717, 1.165) is 65.3 Å². The Labute approximate surface area is 409 Å². The molecule has 336 valence electrons. The predicted molar refractivity (Wildman–Crippen MR) is 269 cm³/mol. The Kier molecular flexibility index (Phi) is 11.7. The molecule has 12 aromatic rings. The highest BCUT2D eigenvalue weighted by Gasteiger charge is 2.61. The molecule has 4 heterocycles. The normalized spacial score (nSPS) is 14.5. The highest BCUT2D eigenvalue weighted by molar-refractivity contribution is 8.02. The van der Waals surface area contributed by atoms with Crippen molar-refractivity contribution >= 4 is 90.1 Å². The van der Waals surface area contributed by atoms with E-state index in [1.807, 2.05) is 0 Å². The van der Waals surface area contributed by atoms with E-state index in [9.17, 15) is 0 Å². The van der Waals surface area contributed by atoms with Crippen LogP contribution in [0.4, 0.5) is 0 Å². The number of H-pyrrole nitrogens is 4. The number of nitrogens with one attached hydrogen (secondary N) is 4. The monoisotopic (exact) mass is 976 g/mol. The lowest BCUT2D eigenvalue weighted by Crippen LogP contribution is -2.43. The van der Waals surface area contributed by atoms with Gasteiger partial charge in [0, 0.05) is 26.4 Å². The van der Waals surface area contributed by atoms with Crippen LogP contribution in [0.25, 0.3) is 43.1 Å². The van der Waals surface area contributed by atoms with Gasteiger partial charge in [-0.3, -0.25) is 0 Å². The topological polar surface area (TPSA) is 218 Å². The van der Waals surface area contributed by atoms with Crippen LogP contribution in [0, 0.1) is 5.41 Å². The van der Waals surface area contributed by atoms with E-state index in [1.54, 1.807) is 47.0 Å². The second kappa shape index (κ2) is 18.9. The number of aromatic amines is 4. The van der Waals surface area contributed by atoms with E-state index in [4.69, 9.17) is 20.4 Å². The smallest absolute Gasteiger partial charge is 0.176 e. The van der Waals surface area contributed by atoms with Gasteiger partial charge < -0.3 is 0 Å². The van der Waals surface area contributed by atoms with Gasteiger partial charge in [-0.2, -0.15) is 20.9 Å². The zero-order valence-electron chi connectivity index (χ0n) is 36.0. The summed E-state index contributed by atoms with van der Waals surface area (Å²) in [6, 6.07) is 60.1. The van der Waals surface area contributed by atoms with Crippen molar-refractivity contribution in [1.29, 1.82) is 0 Å². The second-order valence-corrected chi connectivity index (χ2v) is 20.3. The van der Waals surface area contributed by atoms with Crippen molar-refractivity contribution in [1.82, 2.24) is 82.5 Å². The van der Waals surface area contributed by atoms with Gasteiger partial charge in [-0.1, -0.05) is 217 Å². The van der Waals surface area contributed by atoms with Gasteiger partial charge in [0.2, 0.25) is 20.6 Å². The van der Waals surface area contributed by atoms with Crippen LogP contribution >= 0.6 is 47.0 Å². The average Bonchev–Trinajstić information content (AvgIpc) is 4.28. The molecule has 4 unspecified atom stereocenters. The van der Waals surface area contributed by atoms with Crippen LogP contribution in [-0.2, 0) is 0 Å². The summed E-state index contributed by atoms with van der Waals surface area (Å²) in [6.45, 7) is 0. The Balaban J connectivity index is 1.34. The molecule has 4 N–H and O–H groups in total. The second-order valence-electron chi connectivity index (χ2n) is 16.0. The molecule has 0 bridgehead atoms. The first-order valence-electron chi connectivity index (χ1n) is 21.7. The zero-order chi connectivity index (χ0) is 46.0. The summed E-state index contributed by atoms with van der Waals surface area (Å²) >= 11 is 6.18. The third-order valence-electron chi connectivity index (χ3n) is 12.4. The summed E-state index contributed by atoms with van der Waals surface area (Å²) in [5.74, 6) is 0. The van der Waals surface area contributed by atoms with Gasteiger partial charge in [0.05, 0.1) is 0 Å². The van der Waals surface area contributed by atoms with Gasteiger partial charge in [-0.15, -0.1) is 40.8 Å². The summed E-state index contributed by atoms with van der Waals surface area (Å²) in [6.07, 6.45) is 0. The van der Waals surface area contributed by atoms with E-state index >= 15 is 0 Å². The lowest BCUT2D eigenvalue weighted by Gasteiger charge is -2.54. The van der Waals surface area contributed by atoms with Gasteiger partial charge in [0.15, 0.2) is 0 Å². The SMILES string of the molecule is c1ccc2c(C(Sc3nn[nH]n3)C(C(Sc3nn[nH]n3)c3cccc4ccccc34)(C(Sc3nn[nH]n3)c3cccc4ccccc34)C(Sc3nn[nH]n3)c3cccc4ccccc34)cccc2c1. The minimum absolute atomic E-state index is 0.445. The van der Waals surface area contributed by atoms with Crippen LogP contribution in [-0.4, -0.2) is 82.5 Å². The summed E-state index contributed by atoms with van der Waals surface area (Å²) in [5, 5.41) is 73.4. The number of aromatic nitrogens is 16. The summed E-state index contributed by atoms with van der Waals surface area (Å²) in [5.41, 5.74) is 2.93. The van der Waals surface area contributed by atoms with E-state index in [1.165, 1.54) is 0 Å². The number of hydrogen-bond acceptors (Lipinski definition) is 16. The molecule has 0 saturated heterocycles. The molecular weight excluding hydrogens is 941 g/mol. The Morgan fingerprint density at radius 1 is 0.290 bits per heavy atom. The molecule has 0 aliphatic carbocycles. The lowest BCUT2D eigenvalue weighted by atomic mass is 9.65. The molecule has 16 nitrogen and oxygen atoms in total. The van der Waals surface area contributed by atoms with Gasteiger partial charge in [0.25, 0.3) is 0 Å². The maximum absolute atomic E-state index is 4.72. The van der Waals surface area contributed by atoms with E-state index < -0.39 is 26.4 Å². The molecule has 0 radical (unpaired) electrons. The molecule has 0 fully saturated rings. The van der Waals surface area contributed by atoms with E-state index in [0.29, 0.717) is 20.6 Å². The fraction of sp³-hybridized carbons (Fsp3) is 0.102. The highest BCUT2D eigenvalue weighted by atomic mass is 32.2. The van der Waals surface area contributed by atoms with Crippen molar-refractivity contribution in [3.8, 4) is 0 Å². The molecule has 8 aromatic carbocycles. The third-order valence-corrected chi connectivity index (χ3v) is 17.6. The minimum Gasteiger partial charge on any atom is -0.176 e. The Bertz CT molecular complexity index is 3150. The van der Waals surface area contributed by atoms with Gasteiger partial charge in [0.1, 0.15) is 0 Å². The summed E-state index contributed by atoms with van der Waals surface area (Å²) in [7, 11) is 0. The fourth-order valence-electron chi connectivity index (χ4n) is 9.71. The largest absolute Gasteiger partial charge is 0.231 e. The fourth-order valence-corrected chi connectivity index (χ4v) is 15.6. The summed E-state index contributed by atoms with van der Waals surface area (Å²) < 4.78 is 0. The van der Waals surface area contributed by atoms with Gasteiger partial charge in [-0.05, 0) is 86.2 Å². The molecule has 0 aliphatic heterocycles. The first kappa shape index (κ1) is 42.8. The molecule has 12 rings (SSSR count). The Morgan fingerprint density at radius 2 is 0.522 bits per heavy atom. The van der Waals surface area contributed by atoms with Crippen LogP contribution in [0.3, 0.4) is 0 Å². The number of fused-ring (bicyclic) bond motifs is 4. The number of thioether (sulfide) groups is 4. The zero-order valence-corrected chi connectivity index (χ0v) is 39.2. The molecule has 4 aromatic heterocycles. The highest BCUT2D eigenvalue weighted by Crippen LogP contribution is 2.76. The molecule has 0 spiro atoms. The molecule has 69 heavy (non-hydrogen) atoms. The third kappa shape index (κ3) is 8.03. The molecule has 0 saturated carbocycles. The summed E-state index contributed by atoms with van der Waals surface area (Å²) in [4.78, 5) is 0. The Morgan fingerprint density at radius 3 is 0.754 bits per heavy atom. The minimum atomic E-state index is -1.18. The first-order valence-corrected chi connectivity index (χ1v) is 25.3. The van der Waals surface area contributed by atoms with E-state index in [2.05, 4.69) is 232 Å². The van der Waals surface area contributed by atoms with Crippen LogP contribution in [0.2, 0.25) is 0 Å². The van der Waals surface area contributed by atoms with Crippen molar-refractivity contribution in [3.05, 3.63) is 192 Å². The van der Waals surface area contributed by atoms with E-state index in [-0.39, 0.29) is 0 Å². The average molecular weight is 977 g/mol. The van der Waals surface area contributed by atoms with Crippen LogP contribution in [0.15, 0.2) is 190 Å². The maximum atomic E-state index is 4.72. The van der Waals surface area contributed by atoms with Crippen molar-refractivity contribution in [2.75, 3.05) is 0 Å². The van der Waals surface area contributed by atoms with Gasteiger partial charge in [-0.25, -0.2) is 0 Å². The quantitative estimate of drug-likeness (QED) is 0.0662. The number of hydrogen-bond donors (Lipinski definition) is 4. The molecule has 0 amide bonds. The van der Waals surface area contributed by atoms with Crippen molar-refractivity contribution in [3.63, 3.8) is 0 Å². The first-order chi connectivity index (χ1) is 34.2. The van der Waals surface area contributed by atoms with Crippen LogP contribution in [0.1, 0.15) is 43.3 Å². The number of tetrazole rings is 4. The molecular formula is C49H36N16S4. The van der Waals surface area contributed by atoms with Crippen molar-refractivity contribution in [2.45, 2.75) is 41.6 Å². The number of nitrogens with zero attached hydrogens (tertiary/aromatic N) is 12. The molecule has 0 aliphatic rings. The van der Waals surface area contributed by atoms with Crippen LogP contribution < -0.4 is 0 Å².